The van der Waals surface area contributed by atoms with Gasteiger partial charge in [-0.2, -0.15) is 0 Å². The van der Waals surface area contributed by atoms with Gasteiger partial charge in [-0.05, 0) is 25.2 Å². The summed E-state index contributed by atoms with van der Waals surface area (Å²) in [4.78, 5) is 21.3. The van der Waals surface area contributed by atoms with Gasteiger partial charge in [-0.25, -0.2) is 4.98 Å². The Balaban J connectivity index is 1.82. The molecule has 108 valence electrons. The number of aromatic nitrogens is 2. The third-order valence-corrected chi connectivity index (χ3v) is 3.14. The zero-order chi connectivity index (χ0) is 14.4. The van der Waals surface area contributed by atoms with Crippen LogP contribution in [0.5, 0.6) is 0 Å². The summed E-state index contributed by atoms with van der Waals surface area (Å²) >= 11 is 0. The summed E-state index contributed by atoms with van der Waals surface area (Å²) < 4.78 is 5.00. The Kier molecular flexibility index (Phi) is 5.09. The number of ether oxygens (including phenoxy) is 1. The number of rotatable bonds is 7. The molecule has 0 saturated carbocycles. The van der Waals surface area contributed by atoms with E-state index in [1.165, 1.54) is 0 Å². The van der Waals surface area contributed by atoms with E-state index in [1.54, 1.807) is 19.5 Å². The smallest absolute Gasteiger partial charge is 0.251 e. The lowest BCUT2D eigenvalue weighted by molar-refractivity contribution is 0.0947. The molecule has 0 saturated heterocycles. The fourth-order valence-corrected chi connectivity index (χ4v) is 1.90. The molecular weight excluding hydrogens is 256 g/mol. The highest BCUT2D eigenvalue weighted by molar-refractivity contribution is 5.97. The first-order chi connectivity index (χ1) is 9.70. The molecule has 1 amide bonds. The van der Waals surface area contributed by atoms with Gasteiger partial charge in [0.15, 0.2) is 0 Å². The van der Waals surface area contributed by atoms with Crippen LogP contribution < -0.4 is 5.32 Å². The Morgan fingerprint density at radius 2 is 2.30 bits per heavy atom. The van der Waals surface area contributed by atoms with Crippen molar-refractivity contribution in [2.75, 3.05) is 40.4 Å². The molecule has 0 atom stereocenters. The van der Waals surface area contributed by atoms with E-state index in [4.69, 9.17) is 4.74 Å². The number of nitrogens with zero attached hydrogens (tertiary/aromatic N) is 2. The summed E-state index contributed by atoms with van der Waals surface area (Å²) in [6, 6.07) is 5.44. The van der Waals surface area contributed by atoms with Crippen LogP contribution in [0.2, 0.25) is 0 Å². The predicted octanol–water partition coefficient (Wildman–Crippen LogP) is 0.871. The second-order valence-electron chi connectivity index (χ2n) is 4.69. The number of likely N-dealkylation sites (N-methyl/N-ethyl adjacent to an activating group) is 1. The molecule has 0 aliphatic heterocycles. The van der Waals surface area contributed by atoms with E-state index >= 15 is 0 Å². The monoisotopic (exact) mass is 276 g/mol. The molecule has 2 aromatic rings. The Morgan fingerprint density at radius 3 is 3.10 bits per heavy atom. The summed E-state index contributed by atoms with van der Waals surface area (Å²) in [6.45, 7) is 2.95. The van der Waals surface area contributed by atoms with E-state index < -0.39 is 0 Å². The normalized spacial score (nSPS) is 11.2. The minimum absolute atomic E-state index is 0.0679. The molecule has 0 spiro atoms. The molecule has 2 rings (SSSR count). The second kappa shape index (κ2) is 7.02. The van der Waals surface area contributed by atoms with Crippen LogP contribution in [0.4, 0.5) is 0 Å². The molecule has 1 aromatic heterocycles. The molecule has 1 aromatic carbocycles. The Morgan fingerprint density at radius 1 is 1.45 bits per heavy atom. The van der Waals surface area contributed by atoms with Crippen molar-refractivity contribution < 1.29 is 9.53 Å². The first kappa shape index (κ1) is 14.5. The second-order valence-corrected chi connectivity index (χ2v) is 4.69. The number of hydrogen-bond acceptors (Lipinski definition) is 4. The van der Waals surface area contributed by atoms with Crippen LogP contribution in [-0.2, 0) is 4.74 Å². The van der Waals surface area contributed by atoms with Gasteiger partial charge in [0.25, 0.3) is 5.91 Å². The summed E-state index contributed by atoms with van der Waals surface area (Å²) in [5.74, 6) is -0.0679. The standard InChI is InChI=1S/C14H20N4O2/c1-18(7-8-20-2)6-5-15-14(19)11-3-4-12-13(9-11)17-10-16-12/h3-4,9-10H,5-8H2,1-2H3,(H,15,19)(H,16,17). The quantitative estimate of drug-likeness (QED) is 0.787. The predicted molar refractivity (Wildman–Crippen MR) is 77.8 cm³/mol. The van der Waals surface area contributed by atoms with Crippen LogP contribution in [0.1, 0.15) is 10.4 Å². The number of carbonyl (C=O) groups excluding carboxylic acids is 1. The molecule has 0 unspecified atom stereocenters. The highest BCUT2D eigenvalue weighted by Crippen LogP contribution is 2.11. The van der Waals surface area contributed by atoms with Crippen molar-refractivity contribution in [3.8, 4) is 0 Å². The van der Waals surface area contributed by atoms with Gasteiger partial charge in [-0.1, -0.05) is 0 Å². The van der Waals surface area contributed by atoms with Gasteiger partial charge >= 0.3 is 0 Å². The van der Waals surface area contributed by atoms with E-state index in [0.717, 1.165) is 24.1 Å². The maximum Gasteiger partial charge on any atom is 0.251 e. The van der Waals surface area contributed by atoms with Crippen molar-refractivity contribution in [1.82, 2.24) is 20.2 Å². The number of fused-ring (bicyclic) bond motifs is 1. The molecule has 1 heterocycles. The van der Waals surface area contributed by atoms with Crippen molar-refractivity contribution in [1.29, 1.82) is 0 Å². The molecule has 0 aliphatic rings. The topological polar surface area (TPSA) is 70.2 Å². The minimum Gasteiger partial charge on any atom is -0.383 e. The molecule has 0 radical (unpaired) electrons. The van der Waals surface area contributed by atoms with Crippen molar-refractivity contribution >= 4 is 16.9 Å². The Bertz CT molecular complexity index is 567. The maximum atomic E-state index is 12.0. The van der Waals surface area contributed by atoms with Crippen LogP contribution in [-0.4, -0.2) is 61.2 Å². The molecule has 0 aliphatic carbocycles. The third kappa shape index (κ3) is 3.79. The van der Waals surface area contributed by atoms with E-state index in [2.05, 4.69) is 20.2 Å². The van der Waals surface area contributed by atoms with Crippen molar-refractivity contribution in [3.63, 3.8) is 0 Å². The van der Waals surface area contributed by atoms with Gasteiger partial charge in [-0.15, -0.1) is 0 Å². The van der Waals surface area contributed by atoms with Crippen LogP contribution in [0.15, 0.2) is 24.5 Å². The highest BCUT2D eigenvalue weighted by atomic mass is 16.5. The van der Waals surface area contributed by atoms with Crippen molar-refractivity contribution in [3.05, 3.63) is 30.1 Å². The van der Waals surface area contributed by atoms with Crippen molar-refractivity contribution in [2.45, 2.75) is 0 Å². The van der Waals surface area contributed by atoms with Gasteiger partial charge in [-0.3, -0.25) is 4.79 Å². The van der Waals surface area contributed by atoms with E-state index in [-0.39, 0.29) is 5.91 Å². The van der Waals surface area contributed by atoms with Crippen LogP contribution in [0.3, 0.4) is 0 Å². The zero-order valence-corrected chi connectivity index (χ0v) is 11.8. The van der Waals surface area contributed by atoms with Crippen LogP contribution in [0, 0.1) is 0 Å². The lowest BCUT2D eigenvalue weighted by atomic mass is 10.2. The molecule has 6 heteroatoms. The number of methoxy groups -OCH3 is 1. The average molecular weight is 276 g/mol. The Labute approximate surface area is 118 Å². The number of carbonyl (C=O) groups is 1. The highest BCUT2D eigenvalue weighted by Gasteiger charge is 2.07. The average Bonchev–Trinajstić information content (AvgIpc) is 2.92. The number of benzene rings is 1. The van der Waals surface area contributed by atoms with Crippen molar-refractivity contribution in [2.24, 2.45) is 0 Å². The summed E-state index contributed by atoms with van der Waals surface area (Å²) in [5, 5.41) is 2.91. The third-order valence-electron chi connectivity index (χ3n) is 3.14. The number of H-pyrrole nitrogens is 1. The van der Waals surface area contributed by atoms with Crippen LogP contribution >= 0.6 is 0 Å². The lowest BCUT2D eigenvalue weighted by Crippen LogP contribution is -2.34. The first-order valence-corrected chi connectivity index (χ1v) is 6.59. The van der Waals surface area contributed by atoms with Gasteiger partial charge in [0, 0.05) is 32.3 Å². The summed E-state index contributed by atoms with van der Waals surface area (Å²) in [6.07, 6.45) is 1.62. The number of imidazole rings is 1. The minimum atomic E-state index is -0.0679. The number of hydrogen-bond donors (Lipinski definition) is 2. The number of amides is 1. The fraction of sp³-hybridized carbons (Fsp3) is 0.429. The largest absolute Gasteiger partial charge is 0.383 e. The summed E-state index contributed by atoms with van der Waals surface area (Å²) in [5.41, 5.74) is 2.37. The van der Waals surface area contributed by atoms with E-state index in [1.807, 2.05) is 19.2 Å². The van der Waals surface area contributed by atoms with E-state index in [9.17, 15) is 4.79 Å². The molecule has 20 heavy (non-hydrogen) atoms. The van der Waals surface area contributed by atoms with Gasteiger partial charge in [0.1, 0.15) is 0 Å². The first-order valence-electron chi connectivity index (χ1n) is 6.59. The SMILES string of the molecule is COCCN(C)CCNC(=O)c1ccc2nc[nH]c2c1. The van der Waals surface area contributed by atoms with E-state index in [0.29, 0.717) is 18.7 Å². The van der Waals surface area contributed by atoms with Gasteiger partial charge in [0.05, 0.1) is 24.0 Å². The maximum absolute atomic E-state index is 12.0. The number of nitrogens with one attached hydrogen (secondary N) is 2. The molecular formula is C14H20N4O2. The Hall–Kier alpha value is -1.92. The molecule has 2 N–H and O–H groups in total. The number of aromatic amines is 1. The van der Waals surface area contributed by atoms with Crippen LogP contribution in [0.25, 0.3) is 11.0 Å². The van der Waals surface area contributed by atoms with Gasteiger partial charge in [0.2, 0.25) is 0 Å². The fourth-order valence-electron chi connectivity index (χ4n) is 1.90. The molecule has 6 nitrogen and oxygen atoms in total. The lowest BCUT2D eigenvalue weighted by Gasteiger charge is -2.16. The summed E-state index contributed by atoms with van der Waals surface area (Å²) in [7, 11) is 3.68. The molecule has 0 bridgehead atoms. The van der Waals surface area contributed by atoms with Gasteiger partial charge < -0.3 is 19.9 Å². The zero-order valence-electron chi connectivity index (χ0n) is 11.8. The molecule has 0 fully saturated rings.